The zero-order valence-electron chi connectivity index (χ0n) is 9.39. The number of aliphatic hydroxyl groups is 1. The lowest BCUT2D eigenvalue weighted by molar-refractivity contribution is 0.103. The molecule has 3 nitrogen and oxygen atoms in total. The topological polar surface area (TPSA) is 59.1 Å². The minimum Gasteiger partial charge on any atom is -0.383 e. The van der Waals surface area contributed by atoms with Gasteiger partial charge in [0.15, 0.2) is 0 Å². The zero-order valence-corrected chi connectivity index (χ0v) is 10.1. The molecular formula is C13H13ClN2O. The second-order valence-electron chi connectivity index (χ2n) is 4.02. The van der Waals surface area contributed by atoms with E-state index in [1.165, 1.54) is 6.20 Å². The van der Waals surface area contributed by atoms with Gasteiger partial charge in [0.1, 0.15) is 11.4 Å². The van der Waals surface area contributed by atoms with Gasteiger partial charge in [-0.2, -0.15) is 0 Å². The number of nitrogen functional groups attached to an aromatic ring is 1. The van der Waals surface area contributed by atoms with Crippen molar-refractivity contribution < 1.29 is 5.11 Å². The Morgan fingerprint density at radius 3 is 2.59 bits per heavy atom. The van der Waals surface area contributed by atoms with Crippen molar-refractivity contribution in [1.82, 2.24) is 4.98 Å². The van der Waals surface area contributed by atoms with E-state index in [1.807, 2.05) is 30.3 Å². The molecule has 1 atom stereocenters. The second kappa shape index (κ2) is 4.35. The minimum atomic E-state index is -1.21. The molecule has 1 aromatic carbocycles. The van der Waals surface area contributed by atoms with Gasteiger partial charge in [-0.3, -0.25) is 0 Å². The lowest BCUT2D eigenvalue weighted by Gasteiger charge is -2.25. The summed E-state index contributed by atoms with van der Waals surface area (Å²) in [6, 6.07) is 10.9. The van der Waals surface area contributed by atoms with E-state index in [9.17, 15) is 5.11 Å². The number of aromatic nitrogens is 1. The van der Waals surface area contributed by atoms with E-state index < -0.39 is 5.60 Å². The fraction of sp³-hybridized carbons (Fsp3) is 0.154. The van der Waals surface area contributed by atoms with E-state index >= 15 is 0 Å². The maximum atomic E-state index is 10.6. The van der Waals surface area contributed by atoms with E-state index in [-0.39, 0.29) is 5.82 Å². The molecule has 2 aromatic rings. The molecule has 0 aliphatic carbocycles. The number of pyridine rings is 1. The smallest absolute Gasteiger partial charge is 0.129 e. The van der Waals surface area contributed by atoms with Crippen molar-refractivity contribution in [3.8, 4) is 0 Å². The molecule has 0 spiro atoms. The maximum absolute atomic E-state index is 10.6. The highest BCUT2D eigenvalue weighted by Gasteiger charge is 2.28. The summed E-state index contributed by atoms with van der Waals surface area (Å²) in [6.07, 6.45) is 1.46. The first-order valence-electron chi connectivity index (χ1n) is 5.21. The van der Waals surface area contributed by atoms with Crippen LogP contribution in [0.25, 0.3) is 0 Å². The summed E-state index contributed by atoms with van der Waals surface area (Å²) in [7, 11) is 0. The molecule has 1 unspecified atom stereocenters. The Balaban J connectivity index is 2.55. The van der Waals surface area contributed by atoms with Crippen LogP contribution in [0.15, 0.2) is 42.6 Å². The number of nitrogens with two attached hydrogens (primary N) is 1. The van der Waals surface area contributed by atoms with Crippen molar-refractivity contribution in [2.24, 2.45) is 0 Å². The molecule has 0 bridgehead atoms. The van der Waals surface area contributed by atoms with Crippen molar-refractivity contribution in [3.63, 3.8) is 0 Å². The first kappa shape index (κ1) is 11.9. The molecule has 0 saturated heterocycles. The second-order valence-corrected chi connectivity index (χ2v) is 4.46. The first-order valence-corrected chi connectivity index (χ1v) is 5.59. The summed E-state index contributed by atoms with van der Waals surface area (Å²) in [5.74, 6) is 0.281. The maximum Gasteiger partial charge on any atom is 0.129 e. The van der Waals surface area contributed by atoms with Crippen LogP contribution in [-0.2, 0) is 5.60 Å². The molecular weight excluding hydrogens is 236 g/mol. The number of hydrogen-bond acceptors (Lipinski definition) is 3. The number of hydrogen-bond donors (Lipinski definition) is 2. The summed E-state index contributed by atoms with van der Waals surface area (Å²) in [4.78, 5) is 3.96. The molecule has 17 heavy (non-hydrogen) atoms. The molecule has 88 valence electrons. The monoisotopic (exact) mass is 248 g/mol. The standard InChI is InChI=1S/C13H13ClN2O/c1-13(17,9-5-3-2-4-6-9)11-7-10(14)8-16-12(11)15/h2-8,17H,1H3,(H2,15,16). The van der Waals surface area contributed by atoms with Gasteiger partial charge in [0.2, 0.25) is 0 Å². The van der Waals surface area contributed by atoms with Gasteiger partial charge < -0.3 is 10.8 Å². The van der Waals surface area contributed by atoms with Crippen LogP contribution in [0.1, 0.15) is 18.1 Å². The number of benzene rings is 1. The van der Waals surface area contributed by atoms with Crippen LogP contribution < -0.4 is 5.73 Å². The van der Waals surface area contributed by atoms with Crippen LogP contribution in [0, 0.1) is 0 Å². The van der Waals surface area contributed by atoms with Gasteiger partial charge in [0.25, 0.3) is 0 Å². The minimum absolute atomic E-state index is 0.281. The third-order valence-electron chi connectivity index (χ3n) is 2.75. The number of rotatable bonds is 2. The fourth-order valence-corrected chi connectivity index (χ4v) is 1.92. The molecule has 0 aliphatic heterocycles. The Labute approximate surface area is 105 Å². The van der Waals surface area contributed by atoms with Gasteiger partial charge in [-0.15, -0.1) is 0 Å². The largest absolute Gasteiger partial charge is 0.383 e. The van der Waals surface area contributed by atoms with Gasteiger partial charge in [-0.1, -0.05) is 41.9 Å². The summed E-state index contributed by atoms with van der Waals surface area (Å²) in [5.41, 5.74) is 5.83. The highest BCUT2D eigenvalue weighted by Crippen LogP contribution is 2.33. The number of halogens is 1. The van der Waals surface area contributed by atoms with Crippen molar-refractivity contribution in [1.29, 1.82) is 0 Å². The van der Waals surface area contributed by atoms with Gasteiger partial charge in [-0.05, 0) is 18.6 Å². The lowest BCUT2D eigenvalue weighted by atomic mass is 9.88. The van der Waals surface area contributed by atoms with Gasteiger partial charge in [-0.25, -0.2) is 4.98 Å². The van der Waals surface area contributed by atoms with Gasteiger partial charge in [0, 0.05) is 11.8 Å². The van der Waals surface area contributed by atoms with Crippen LogP contribution in [0.2, 0.25) is 5.02 Å². The summed E-state index contributed by atoms with van der Waals surface area (Å²) >= 11 is 5.88. The quantitative estimate of drug-likeness (QED) is 0.859. The van der Waals surface area contributed by atoms with Crippen LogP contribution in [0.4, 0.5) is 5.82 Å². The normalized spacial score (nSPS) is 14.3. The fourth-order valence-electron chi connectivity index (χ4n) is 1.76. The molecule has 4 heteroatoms. The number of anilines is 1. The summed E-state index contributed by atoms with van der Waals surface area (Å²) < 4.78 is 0. The highest BCUT2D eigenvalue weighted by atomic mass is 35.5. The van der Waals surface area contributed by atoms with Gasteiger partial charge in [0.05, 0.1) is 5.02 Å². The molecule has 1 aromatic heterocycles. The van der Waals surface area contributed by atoms with E-state index in [2.05, 4.69) is 4.98 Å². The Kier molecular flexibility index (Phi) is 3.05. The van der Waals surface area contributed by atoms with Crippen LogP contribution in [0.5, 0.6) is 0 Å². The molecule has 1 heterocycles. The van der Waals surface area contributed by atoms with Crippen LogP contribution in [0.3, 0.4) is 0 Å². The Hall–Kier alpha value is -1.58. The van der Waals surface area contributed by atoms with Crippen molar-refractivity contribution in [2.45, 2.75) is 12.5 Å². The van der Waals surface area contributed by atoms with Crippen LogP contribution in [-0.4, -0.2) is 10.1 Å². The predicted octanol–water partition coefficient (Wildman–Crippen LogP) is 2.57. The molecule has 0 fully saturated rings. The third-order valence-corrected chi connectivity index (χ3v) is 2.95. The van der Waals surface area contributed by atoms with Crippen molar-refractivity contribution in [2.75, 3.05) is 5.73 Å². The SMILES string of the molecule is CC(O)(c1ccccc1)c1cc(Cl)cnc1N. The highest BCUT2D eigenvalue weighted by molar-refractivity contribution is 6.30. The van der Waals surface area contributed by atoms with Crippen molar-refractivity contribution in [3.05, 3.63) is 58.7 Å². The van der Waals surface area contributed by atoms with Crippen LogP contribution >= 0.6 is 11.6 Å². The molecule has 0 amide bonds. The molecule has 3 N–H and O–H groups in total. The molecule has 0 saturated carbocycles. The average Bonchev–Trinajstić information content (AvgIpc) is 2.33. The third kappa shape index (κ3) is 2.25. The average molecular weight is 249 g/mol. The summed E-state index contributed by atoms with van der Waals surface area (Å²) in [6.45, 7) is 1.67. The number of nitrogens with zero attached hydrogens (tertiary/aromatic N) is 1. The summed E-state index contributed by atoms with van der Waals surface area (Å²) in [5, 5.41) is 11.0. The van der Waals surface area contributed by atoms with Crippen molar-refractivity contribution >= 4 is 17.4 Å². The van der Waals surface area contributed by atoms with E-state index in [4.69, 9.17) is 17.3 Å². The van der Waals surface area contributed by atoms with E-state index in [1.54, 1.807) is 13.0 Å². The predicted molar refractivity (Wildman–Crippen MR) is 68.8 cm³/mol. The Bertz CT molecular complexity index is 526. The van der Waals surface area contributed by atoms with E-state index in [0.717, 1.165) is 5.56 Å². The Morgan fingerprint density at radius 1 is 1.29 bits per heavy atom. The Morgan fingerprint density at radius 2 is 1.94 bits per heavy atom. The lowest BCUT2D eigenvalue weighted by Crippen LogP contribution is -2.24. The molecule has 0 aliphatic rings. The van der Waals surface area contributed by atoms with Gasteiger partial charge >= 0.3 is 0 Å². The first-order chi connectivity index (χ1) is 8.01. The zero-order chi connectivity index (χ0) is 12.5. The molecule has 2 rings (SSSR count). The molecule has 0 radical (unpaired) electrons. The van der Waals surface area contributed by atoms with E-state index in [0.29, 0.717) is 10.6 Å².